The summed E-state index contributed by atoms with van der Waals surface area (Å²) in [6.07, 6.45) is 0.869. The first-order valence-electron chi connectivity index (χ1n) is 6.69. The number of hydrogen-bond donors (Lipinski definition) is 3. The lowest BCUT2D eigenvalue weighted by Crippen LogP contribution is -2.46. The van der Waals surface area contributed by atoms with Crippen molar-refractivity contribution in [2.45, 2.75) is 39.7 Å². The molecule has 106 valence electrons. The first kappa shape index (κ1) is 15.5. The van der Waals surface area contributed by atoms with Crippen LogP contribution in [-0.4, -0.2) is 23.3 Å². The molecule has 0 aliphatic carbocycles. The highest BCUT2D eigenvalue weighted by atomic mass is 16.3. The van der Waals surface area contributed by atoms with Gasteiger partial charge in [-0.25, -0.2) is 4.79 Å². The molecular formula is C15H24N2O2. The molecule has 0 saturated carbocycles. The summed E-state index contributed by atoms with van der Waals surface area (Å²) in [6, 6.07) is 7.29. The van der Waals surface area contributed by atoms with Crippen molar-refractivity contribution in [2.75, 3.05) is 11.9 Å². The van der Waals surface area contributed by atoms with Gasteiger partial charge in [-0.2, -0.15) is 0 Å². The largest absolute Gasteiger partial charge is 0.388 e. The predicted molar refractivity (Wildman–Crippen MR) is 78.3 cm³/mol. The van der Waals surface area contributed by atoms with Crippen molar-refractivity contribution >= 4 is 11.7 Å². The smallest absolute Gasteiger partial charge is 0.319 e. The average Bonchev–Trinajstić information content (AvgIpc) is 2.35. The van der Waals surface area contributed by atoms with Crippen LogP contribution in [0.15, 0.2) is 24.3 Å². The highest BCUT2D eigenvalue weighted by molar-refractivity contribution is 5.89. The maximum Gasteiger partial charge on any atom is 0.319 e. The first-order valence-corrected chi connectivity index (χ1v) is 6.69. The van der Waals surface area contributed by atoms with Crippen molar-refractivity contribution in [1.82, 2.24) is 5.32 Å². The molecule has 0 spiro atoms. The molecule has 0 fully saturated rings. The Morgan fingerprint density at radius 3 is 2.74 bits per heavy atom. The van der Waals surface area contributed by atoms with Gasteiger partial charge in [-0.05, 0) is 37.5 Å². The minimum atomic E-state index is -0.890. The third kappa shape index (κ3) is 4.91. The number of hydrogen-bond acceptors (Lipinski definition) is 2. The van der Waals surface area contributed by atoms with Crippen molar-refractivity contribution in [3.05, 3.63) is 29.8 Å². The first-order chi connectivity index (χ1) is 8.85. The summed E-state index contributed by atoms with van der Waals surface area (Å²) in [4.78, 5) is 11.7. The van der Waals surface area contributed by atoms with Crippen LogP contribution in [-0.2, 0) is 0 Å². The second-order valence-electron chi connectivity index (χ2n) is 5.34. The van der Waals surface area contributed by atoms with Gasteiger partial charge in [-0.15, -0.1) is 0 Å². The van der Waals surface area contributed by atoms with Crippen LogP contribution in [0.3, 0.4) is 0 Å². The number of aliphatic hydroxyl groups is 1. The van der Waals surface area contributed by atoms with E-state index >= 15 is 0 Å². The molecule has 4 nitrogen and oxygen atoms in total. The summed E-state index contributed by atoms with van der Waals surface area (Å²) in [6.45, 7) is 7.94. The number of carbonyl (C=O) groups is 1. The average molecular weight is 264 g/mol. The SMILES string of the molecule is CCC(C)C(C)(O)CNC(=O)Nc1cccc(C)c1. The third-order valence-electron chi connectivity index (χ3n) is 3.56. The molecule has 1 aromatic rings. The van der Waals surface area contributed by atoms with Gasteiger partial charge in [0.05, 0.1) is 5.60 Å². The van der Waals surface area contributed by atoms with Crippen LogP contribution in [0.1, 0.15) is 32.8 Å². The lowest BCUT2D eigenvalue weighted by atomic mass is 9.89. The number of nitrogens with one attached hydrogen (secondary N) is 2. The van der Waals surface area contributed by atoms with Gasteiger partial charge in [0.15, 0.2) is 0 Å². The Morgan fingerprint density at radius 1 is 1.47 bits per heavy atom. The molecule has 0 heterocycles. The Hall–Kier alpha value is -1.55. The number of urea groups is 1. The van der Waals surface area contributed by atoms with E-state index in [1.807, 2.05) is 45.0 Å². The third-order valence-corrected chi connectivity index (χ3v) is 3.56. The summed E-state index contributed by atoms with van der Waals surface area (Å²) >= 11 is 0. The second-order valence-corrected chi connectivity index (χ2v) is 5.34. The van der Waals surface area contributed by atoms with Gasteiger partial charge in [-0.1, -0.05) is 32.4 Å². The highest BCUT2D eigenvalue weighted by Gasteiger charge is 2.27. The lowest BCUT2D eigenvalue weighted by Gasteiger charge is -2.29. The number of benzene rings is 1. The Bertz CT molecular complexity index is 430. The fourth-order valence-corrected chi connectivity index (χ4v) is 1.77. The summed E-state index contributed by atoms with van der Waals surface area (Å²) in [5.74, 6) is 0.131. The second kappa shape index (κ2) is 6.57. The van der Waals surface area contributed by atoms with Crippen molar-refractivity contribution in [3.63, 3.8) is 0 Å². The van der Waals surface area contributed by atoms with Gasteiger partial charge in [0, 0.05) is 12.2 Å². The minimum absolute atomic E-state index is 0.131. The number of aryl methyl sites for hydroxylation is 1. The number of rotatable bonds is 5. The van der Waals surface area contributed by atoms with Gasteiger partial charge in [0.25, 0.3) is 0 Å². The normalized spacial score (nSPS) is 15.4. The van der Waals surface area contributed by atoms with Crippen molar-refractivity contribution < 1.29 is 9.90 Å². The monoisotopic (exact) mass is 264 g/mol. The summed E-state index contributed by atoms with van der Waals surface area (Å²) < 4.78 is 0. The van der Waals surface area contributed by atoms with E-state index in [4.69, 9.17) is 0 Å². The lowest BCUT2D eigenvalue weighted by molar-refractivity contribution is 0.00827. The van der Waals surface area contributed by atoms with E-state index < -0.39 is 5.60 Å². The van der Waals surface area contributed by atoms with Crippen molar-refractivity contribution in [2.24, 2.45) is 5.92 Å². The van der Waals surface area contributed by atoms with E-state index in [0.717, 1.165) is 17.7 Å². The molecule has 1 rings (SSSR count). The van der Waals surface area contributed by atoms with Gasteiger partial charge < -0.3 is 15.7 Å². The van der Waals surface area contributed by atoms with Crippen molar-refractivity contribution in [3.8, 4) is 0 Å². The molecule has 2 atom stereocenters. The zero-order valence-electron chi connectivity index (χ0n) is 12.2. The van der Waals surface area contributed by atoms with Crippen LogP contribution in [0.5, 0.6) is 0 Å². The van der Waals surface area contributed by atoms with Gasteiger partial charge >= 0.3 is 6.03 Å². The number of anilines is 1. The Balaban J connectivity index is 2.48. The van der Waals surface area contributed by atoms with Crippen LogP contribution in [0.25, 0.3) is 0 Å². The van der Waals surface area contributed by atoms with E-state index in [9.17, 15) is 9.90 Å². The number of carbonyl (C=O) groups excluding carboxylic acids is 1. The summed E-state index contributed by atoms with van der Waals surface area (Å²) in [5, 5.41) is 15.7. The predicted octanol–water partition coefficient (Wildman–Crippen LogP) is 2.91. The molecule has 0 radical (unpaired) electrons. The molecular weight excluding hydrogens is 240 g/mol. The molecule has 0 aromatic heterocycles. The van der Waals surface area contributed by atoms with Crippen LogP contribution >= 0.6 is 0 Å². The van der Waals surface area contributed by atoms with E-state index in [-0.39, 0.29) is 18.5 Å². The summed E-state index contributed by atoms with van der Waals surface area (Å²) in [7, 11) is 0. The molecule has 0 aliphatic rings. The van der Waals surface area contributed by atoms with E-state index in [1.54, 1.807) is 6.92 Å². The molecule has 0 aliphatic heterocycles. The van der Waals surface area contributed by atoms with E-state index in [1.165, 1.54) is 0 Å². The molecule has 1 aromatic carbocycles. The van der Waals surface area contributed by atoms with Crippen LogP contribution in [0, 0.1) is 12.8 Å². The van der Waals surface area contributed by atoms with Crippen LogP contribution in [0.4, 0.5) is 10.5 Å². The van der Waals surface area contributed by atoms with E-state index in [2.05, 4.69) is 10.6 Å². The fourth-order valence-electron chi connectivity index (χ4n) is 1.77. The maximum atomic E-state index is 11.7. The quantitative estimate of drug-likeness (QED) is 0.765. The molecule has 4 heteroatoms. The summed E-state index contributed by atoms with van der Waals surface area (Å²) in [5.41, 5.74) is 0.948. The Morgan fingerprint density at radius 2 is 2.16 bits per heavy atom. The van der Waals surface area contributed by atoms with Crippen LogP contribution < -0.4 is 10.6 Å². The molecule has 2 unspecified atom stereocenters. The fraction of sp³-hybridized carbons (Fsp3) is 0.533. The topological polar surface area (TPSA) is 61.4 Å². The molecule has 2 amide bonds. The molecule has 0 saturated heterocycles. The van der Waals surface area contributed by atoms with Crippen LogP contribution in [0.2, 0.25) is 0 Å². The van der Waals surface area contributed by atoms with Gasteiger partial charge in [-0.3, -0.25) is 0 Å². The Kier molecular flexibility index (Phi) is 5.36. The van der Waals surface area contributed by atoms with Gasteiger partial charge in [0.2, 0.25) is 0 Å². The number of amides is 2. The zero-order chi connectivity index (χ0) is 14.5. The molecule has 19 heavy (non-hydrogen) atoms. The maximum absolute atomic E-state index is 11.7. The van der Waals surface area contributed by atoms with E-state index in [0.29, 0.717) is 0 Å². The molecule has 3 N–H and O–H groups in total. The Labute approximate surface area is 115 Å². The van der Waals surface area contributed by atoms with Crippen molar-refractivity contribution in [1.29, 1.82) is 0 Å². The van der Waals surface area contributed by atoms with Gasteiger partial charge in [0.1, 0.15) is 0 Å². The standard InChI is InChI=1S/C15H24N2O2/c1-5-12(3)15(4,19)10-16-14(18)17-13-8-6-7-11(2)9-13/h6-9,12,19H,5,10H2,1-4H3,(H2,16,17,18). The zero-order valence-corrected chi connectivity index (χ0v) is 12.2. The highest BCUT2D eigenvalue weighted by Crippen LogP contribution is 2.18. The minimum Gasteiger partial charge on any atom is -0.388 e. The molecule has 0 bridgehead atoms.